The van der Waals surface area contributed by atoms with Gasteiger partial charge in [-0.1, -0.05) is 24.3 Å². The van der Waals surface area contributed by atoms with Gasteiger partial charge in [-0.25, -0.2) is 0 Å². The molecule has 0 unspecified atom stereocenters. The van der Waals surface area contributed by atoms with Crippen LogP contribution in [0.2, 0.25) is 0 Å². The summed E-state index contributed by atoms with van der Waals surface area (Å²) in [4.78, 5) is 14.7. The molecule has 3 aromatic rings. The van der Waals surface area contributed by atoms with Gasteiger partial charge in [0.15, 0.2) is 11.5 Å². The number of furan rings is 1. The lowest BCUT2D eigenvalue weighted by Crippen LogP contribution is -2.30. The summed E-state index contributed by atoms with van der Waals surface area (Å²) in [6.45, 7) is 0.643. The number of aromatic hydroxyl groups is 1. The molecule has 2 aromatic carbocycles. The van der Waals surface area contributed by atoms with E-state index in [2.05, 4.69) is 0 Å². The molecule has 0 fully saturated rings. The third kappa shape index (κ3) is 5.31. The molecular weight excluding hydrogens is 370 g/mol. The fraction of sp³-hybridized carbons (Fsp3) is 0.261. The number of nitrogens with zero attached hydrogens (tertiary/aromatic N) is 1. The van der Waals surface area contributed by atoms with Crippen LogP contribution in [0, 0.1) is 0 Å². The monoisotopic (exact) mass is 395 g/mol. The molecule has 0 saturated carbocycles. The zero-order valence-electron chi connectivity index (χ0n) is 16.6. The maximum Gasteiger partial charge on any atom is 0.223 e. The van der Waals surface area contributed by atoms with E-state index in [0.717, 1.165) is 5.56 Å². The molecule has 0 bridgehead atoms. The van der Waals surface area contributed by atoms with Crippen molar-refractivity contribution in [3.8, 4) is 17.2 Å². The molecule has 0 spiro atoms. The molecule has 3 rings (SSSR count). The van der Waals surface area contributed by atoms with E-state index in [1.807, 2.05) is 36.4 Å². The first-order valence-electron chi connectivity index (χ1n) is 9.38. The number of hydrogen-bond acceptors (Lipinski definition) is 5. The molecule has 29 heavy (non-hydrogen) atoms. The molecule has 6 nitrogen and oxygen atoms in total. The Labute approximate surface area is 170 Å². The Hall–Kier alpha value is -3.41. The quantitative estimate of drug-likeness (QED) is 0.589. The van der Waals surface area contributed by atoms with Crippen LogP contribution in [0.3, 0.4) is 0 Å². The lowest BCUT2D eigenvalue weighted by Gasteiger charge is -2.22. The standard InChI is InChI=1S/C23H25NO5/c1-27-21-11-9-17(14-22(21)28-2)10-12-23(26)24(16-19-7-5-13-29-19)15-18-6-3-4-8-20(18)25/h3-9,11,13-14,25H,10,12,15-16H2,1-2H3. The van der Waals surface area contributed by atoms with Gasteiger partial charge in [-0.3, -0.25) is 4.79 Å². The second-order valence-corrected chi connectivity index (χ2v) is 6.65. The predicted molar refractivity (Wildman–Crippen MR) is 109 cm³/mol. The van der Waals surface area contributed by atoms with Gasteiger partial charge in [0.2, 0.25) is 5.91 Å². The van der Waals surface area contributed by atoms with Gasteiger partial charge >= 0.3 is 0 Å². The Kier molecular flexibility index (Phi) is 6.79. The second-order valence-electron chi connectivity index (χ2n) is 6.65. The summed E-state index contributed by atoms with van der Waals surface area (Å²) in [6, 6.07) is 16.3. The van der Waals surface area contributed by atoms with Crippen molar-refractivity contribution in [3.63, 3.8) is 0 Å². The lowest BCUT2D eigenvalue weighted by molar-refractivity contribution is -0.132. The van der Waals surface area contributed by atoms with Crippen LogP contribution >= 0.6 is 0 Å². The fourth-order valence-corrected chi connectivity index (χ4v) is 3.12. The molecule has 1 N–H and O–H groups in total. The van der Waals surface area contributed by atoms with Gasteiger partial charge in [0, 0.05) is 18.5 Å². The molecule has 0 aliphatic heterocycles. The van der Waals surface area contributed by atoms with E-state index in [0.29, 0.717) is 48.8 Å². The van der Waals surface area contributed by atoms with Gasteiger partial charge < -0.3 is 23.9 Å². The lowest BCUT2D eigenvalue weighted by atomic mass is 10.1. The van der Waals surface area contributed by atoms with E-state index in [1.165, 1.54) is 0 Å². The minimum atomic E-state index is -0.0283. The SMILES string of the molecule is COc1ccc(CCC(=O)N(Cc2ccco2)Cc2ccccc2O)cc1OC. The summed E-state index contributed by atoms with van der Waals surface area (Å²) >= 11 is 0. The van der Waals surface area contributed by atoms with Crippen LogP contribution in [-0.4, -0.2) is 30.1 Å². The van der Waals surface area contributed by atoms with Crippen molar-refractivity contribution in [2.75, 3.05) is 14.2 Å². The summed E-state index contributed by atoms with van der Waals surface area (Å²) in [5.74, 6) is 2.13. The highest BCUT2D eigenvalue weighted by Gasteiger charge is 2.18. The highest BCUT2D eigenvalue weighted by Crippen LogP contribution is 2.28. The zero-order valence-corrected chi connectivity index (χ0v) is 16.6. The summed E-state index contributed by atoms with van der Waals surface area (Å²) in [6.07, 6.45) is 2.47. The number of rotatable bonds is 9. The van der Waals surface area contributed by atoms with Crippen molar-refractivity contribution in [1.82, 2.24) is 4.90 Å². The van der Waals surface area contributed by atoms with Crippen LogP contribution in [0.15, 0.2) is 65.3 Å². The first-order valence-corrected chi connectivity index (χ1v) is 9.38. The molecular formula is C23H25NO5. The van der Waals surface area contributed by atoms with Crippen LogP contribution in [0.1, 0.15) is 23.3 Å². The minimum absolute atomic E-state index is 0.0283. The Morgan fingerprint density at radius 1 is 1.00 bits per heavy atom. The highest BCUT2D eigenvalue weighted by molar-refractivity contribution is 5.76. The third-order valence-corrected chi connectivity index (χ3v) is 4.71. The fourth-order valence-electron chi connectivity index (χ4n) is 3.12. The summed E-state index contributed by atoms with van der Waals surface area (Å²) in [7, 11) is 3.18. The molecule has 0 aliphatic carbocycles. The van der Waals surface area contributed by atoms with E-state index >= 15 is 0 Å². The zero-order chi connectivity index (χ0) is 20.6. The van der Waals surface area contributed by atoms with Crippen LogP contribution in [-0.2, 0) is 24.3 Å². The normalized spacial score (nSPS) is 10.6. The second kappa shape index (κ2) is 9.68. The highest BCUT2D eigenvalue weighted by atomic mass is 16.5. The van der Waals surface area contributed by atoms with E-state index < -0.39 is 0 Å². The molecule has 1 heterocycles. The van der Waals surface area contributed by atoms with Gasteiger partial charge in [-0.2, -0.15) is 0 Å². The maximum absolute atomic E-state index is 13.0. The topological polar surface area (TPSA) is 72.1 Å². The Morgan fingerprint density at radius 2 is 1.79 bits per heavy atom. The van der Waals surface area contributed by atoms with Crippen molar-refractivity contribution >= 4 is 5.91 Å². The number of ether oxygens (including phenoxy) is 2. The van der Waals surface area contributed by atoms with Gasteiger partial charge in [0.05, 0.1) is 27.0 Å². The van der Waals surface area contributed by atoms with Crippen molar-refractivity contribution in [2.24, 2.45) is 0 Å². The largest absolute Gasteiger partial charge is 0.508 e. The summed E-state index contributed by atoms with van der Waals surface area (Å²) < 4.78 is 16.0. The molecule has 1 amide bonds. The van der Waals surface area contributed by atoms with Gasteiger partial charge in [0.25, 0.3) is 0 Å². The third-order valence-electron chi connectivity index (χ3n) is 4.71. The number of carbonyl (C=O) groups is 1. The molecule has 0 atom stereocenters. The number of para-hydroxylation sites is 1. The number of hydrogen-bond donors (Lipinski definition) is 1. The van der Waals surface area contributed by atoms with E-state index in [-0.39, 0.29) is 11.7 Å². The average Bonchev–Trinajstić information content (AvgIpc) is 3.26. The first-order chi connectivity index (χ1) is 14.1. The van der Waals surface area contributed by atoms with Crippen LogP contribution in [0.5, 0.6) is 17.2 Å². The molecule has 0 saturated heterocycles. The van der Waals surface area contributed by atoms with E-state index in [1.54, 1.807) is 43.6 Å². The van der Waals surface area contributed by atoms with Crippen molar-refractivity contribution in [1.29, 1.82) is 0 Å². The Bertz CT molecular complexity index is 936. The number of methoxy groups -OCH3 is 2. The van der Waals surface area contributed by atoms with Gasteiger partial charge in [0.1, 0.15) is 11.5 Å². The predicted octanol–water partition coefficient (Wildman–Crippen LogP) is 4.16. The number of aryl methyl sites for hydroxylation is 1. The number of carbonyl (C=O) groups excluding carboxylic acids is 1. The molecule has 1 aromatic heterocycles. The molecule has 0 radical (unpaired) electrons. The molecule has 6 heteroatoms. The number of benzene rings is 2. The molecule has 0 aliphatic rings. The first kappa shape index (κ1) is 20.3. The summed E-state index contributed by atoms with van der Waals surface area (Å²) in [5, 5.41) is 10.1. The summed E-state index contributed by atoms with van der Waals surface area (Å²) in [5.41, 5.74) is 1.68. The van der Waals surface area contributed by atoms with Crippen LogP contribution < -0.4 is 9.47 Å². The van der Waals surface area contributed by atoms with Crippen LogP contribution in [0.4, 0.5) is 0 Å². The number of amides is 1. The van der Waals surface area contributed by atoms with Crippen molar-refractivity contribution < 1.29 is 23.8 Å². The molecule has 152 valence electrons. The number of phenolic OH excluding ortho intramolecular Hbond substituents is 1. The van der Waals surface area contributed by atoms with Crippen LogP contribution in [0.25, 0.3) is 0 Å². The van der Waals surface area contributed by atoms with Crippen molar-refractivity contribution in [3.05, 3.63) is 77.7 Å². The van der Waals surface area contributed by atoms with Crippen molar-refractivity contribution in [2.45, 2.75) is 25.9 Å². The Balaban J connectivity index is 1.71. The minimum Gasteiger partial charge on any atom is -0.508 e. The van der Waals surface area contributed by atoms with E-state index in [4.69, 9.17) is 13.9 Å². The smallest absolute Gasteiger partial charge is 0.223 e. The van der Waals surface area contributed by atoms with E-state index in [9.17, 15) is 9.90 Å². The maximum atomic E-state index is 13.0. The van der Waals surface area contributed by atoms with Gasteiger partial charge in [-0.15, -0.1) is 0 Å². The number of phenols is 1. The Morgan fingerprint density at radius 3 is 2.48 bits per heavy atom. The average molecular weight is 395 g/mol. The van der Waals surface area contributed by atoms with Gasteiger partial charge in [-0.05, 0) is 42.3 Å².